The Labute approximate surface area is 166 Å². The van der Waals surface area contributed by atoms with Crippen LogP contribution in [0.15, 0.2) is 52.9 Å². The minimum absolute atomic E-state index is 0.119. The van der Waals surface area contributed by atoms with Crippen molar-refractivity contribution in [2.75, 3.05) is 16.8 Å². The van der Waals surface area contributed by atoms with Crippen molar-refractivity contribution in [1.82, 2.24) is 10.2 Å². The Bertz CT molecular complexity index is 955. The monoisotopic (exact) mass is 396 g/mol. The van der Waals surface area contributed by atoms with Gasteiger partial charge in [0, 0.05) is 17.9 Å². The number of aromatic nitrogens is 2. The van der Waals surface area contributed by atoms with Gasteiger partial charge >= 0.3 is 0 Å². The molecule has 1 N–H and O–H groups in total. The number of nitrogens with zero attached hydrogens (tertiary/aromatic N) is 3. The molecule has 0 spiro atoms. The molecule has 7 heteroatoms. The standard InChI is InChI=1S/C20H20N4OS2/c1-13-7-9-16(10-8-13)21-19-22-23-20(27-19)26-14(2)18(25)24-12-11-15-5-3-4-6-17(15)24/h3-10,14H,11-12H2,1-2H3,(H,21,22). The van der Waals surface area contributed by atoms with Gasteiger partial charge in [0.05, 0.1) is 5.25 Å². The van der Waals surface area contributed by atoms with E-state index >= 15 is 0 Å². The van der Waals surface area contributed by atoms with E-state index in [4.69, 9.17) is 0 Å². The number of nitrogens with one attached hydrogen (secondary N) is 1. The number of hydrogen-bond donors (Lipinski definition) is 1. The maximum atomic E-state index is 12.9. The zero-order valence-electron chi connectivity index (χ0n) is 15.2. The first-order valence-corrected chi connectivity index (χ1v) is 10.5. The summed E-state index contributed by atoms with van der Waals surface area (Å²) in [7, 11) is 0. The zero-order chi connectivity index (χ0) is 18.8. The number of thioether (sulfide) groups is 1. The van der Waals surface area contributed by atoms with Crippen LogP contribution in [0.25, 0.3) is 0 Å². The summed E-state index contributed by atoms with van der Waals surface area (Å²) in [6, 6.07) is 16.2. The van der Waals surface area contributed by atoms with Crippen LogP contribution in [0, 0.1) is 6.92 Å². The van der Waals surface area contributed by atoms with E-state index in [-0.39, 0.29) is 11.2 Å². The van der Waals surface area contributed by atoms with E-state index in [2.05, 4.69) is 28.5 Å². The van der Waals surface area contributed by atoms with Crippen molar-refractivity contribution >= 4 is 45.5 Å². The number of amides is 1. The normalized spacial score (nSPS) is 14.1. The molecule has 0 fully saturated rings. The lowest BCUT2D eigenvalue weighted by molar-refractivity contribution is -0.117. The summed E-state index contributed by atoms with van der Waals surface area (Å²) in [6.45, 7) is 4.74. The summed E-state index contributed by atoms with van der Waals surface area (Å²) in [5.41, 5.74) is 4.47. The molecule has 2 aromatic carbocycles. The largest absolute Gasteiger partial charge is 0.330 e. The molecule has 1 aliphatic rings. The van der Waals surface area contributed by atoms with E-state index in [0.717, 1.165) is 33.8 Å². The highest BCUT2D eigenvalue weighted by atomic mass is 32.2. The minimum atomic E-state index is -0.212. The second-order valence-corrected chi connectivity index (χ2v) is 9.06. The molecule has 5 nitrogen and oxygen atoms in total. The van der Waals surface area contributed by atoms with Crippen LogP contribution in [0.4, 0.5) is 16.5 Å². The predicted octanol–water partition coefficient (Wildman–Crippen LogP) is 4.66. The molecule has 138 valence electrons. The molecule has 2 heterocycles. The molecule has 27 heavy (non-hydrogen) atoms. The maximum Gasteiger partial charge on any atom is 0.240 e. The van der Waals surface area contributed by atoms with Gasteiger partial charge in [0.15, 0.2) is 4.34 Å². The van der Waals surface area contributed by atoms with Crippen molar-refractivity contribution in [1.29, 1.82) is 0 Å². The minimum Gasteiger partial charge on any atom is -0.330 e. The molecule has 0 bridgehead atoms. The lowest BCUT2D eigenvalue weighted by atomic mass is 10.2. The molecule has 4 rings (SSSR count). The predicted molar refractivity (Wildman–Crippen MR) is 112 cm³/mol. The first-order chi connectivity index (χ1) is 13.1. The van der Waals surface area contributed by atoms with E-state index < -0.39 is 0 Å². The van der Waals surface area contributed by atoms with Crippen LogP contribution in [-0.4, -0.2) is 27.9 Å². The quantitative estimate of drug-likeness (QED) is 0.636. The first kappa shape index (κ1) is 18.0. The summed E-state index contributed by atoms with van der Waals surface area (Å²) >= 11 is 2.93. The van der Waals surface area contributed by atoms with Crippen molar-refractivity contribution in [2.24, 2.45) is 0 Å². The van der Waals surface area contributed by atoms with E-state index in [1.165, 1.54) is 34.2 Å². The Morgan fingerprint density at radius 3 is 2.78 bits per heavy atom. The molecule has 3 aromatic rings. The number of rotatable bonds is 5. The van der Waals surface area contributed by atoms with Gasteiger partial charge in [0.2, 0.25) is 11.0 Å². The van der Waals surface area contributed by atoms with Gasteiger partial charge in [0.1, 0.15) is 0 Å². The number of benzene rings is 2. The molecule has 0 saturated heterocycles. The highest BCUT2D eigenvalue weighted by Gasteiger charge is 2.28. The van der Waals surface area contributed by atoms with Gasteiger partial charge in [-0.05, 0) is 44.0 Å². The lowest BCUT2D eigenvalue weighted by Gasteiger charge is -2.20. The van der Waals surface area contributed by atoms with Gasteiger partial charge in [-0.25, -0.2) is 0 Å². The van der Waals surface area contributed by atoms with Crippen LogP contribution < -0.4 is 10.2 Å². The maximum absolute atomic E-state index is 12.9. The summed E-state index contributed by atoms with van der Waals surface area (Å²) in [5.74, 6) is 0.119. The smallest absolute Gasteiger partial charge is 0.240 e. The zero-order valence-corrected chi connectivity index (χ0v) is 16.8. The molecular weight excluding hydrogens is 376 g/mol. The average molecular weight is 397 g/mol. The molecule has 0 aliphatic carbocycles. The molecule has 1 amide bonds. The average Bonchev–Trinajstić information content (AvgIpc) is 3.30. The van der Waals surface area contributed by atoms with Gasteiger partial charge in [-0.3, -0.25) is 4.79 Å². The number of fused-ring (bicyclic) bond motifs is 1. The van der Waals surface area contributed by atoms with E-state index in [1.54, 1.807) is 0 Å². The number of carbonyl (C=O) groups excluding carboxylic acids is 1. The van der Waals surface area contributed by atoms with E-state index in [9.17, 15) is 4.79 Å². The third-order valence-electron chi connectivity index (χ3n) is 4.49. The number of para-hydroxylation sites is 1. The summed E-state index contributed by atoms with van der Waals surface area (Å²) in [6.07, 6.45) is 0.919. The SMILES string of the molecule is Cc1ccc(Nc2nnc(SC(C)C(=O)N3CCc4ccccc43)s2)cc1. The van der Waals surface area contributed by atoms with Crippen molar-refractivity contribution in [3.8, 4) is 0 Å². The summed E-state index contributed by atoms with van der Waals surface area (Å²) < 4.78 is 0.790. The second-order valence-electron chi connectivity index (χ2n) is 6.49. The molecule has 1 aliphatic heterocycles. The van der Waals surface area contributed by atoms with Crippen LogP contribution in [0.1, 0.15) is 18.1 Å². The number of hydrogen-bond acceptors (Lipinski definition) is 6. The van der Waals surface area contributed by atoms with Crippen LogP contribution in [0.3, 0.4) is 0 Å². The fourth-order valence-corrected chi connectivity index (χ4v) is 5.03. The third kappa shape index (κ3) is 3.99. The third-order valence-corrected chi connectivity index (χ3v) is 6.50. The molecule has 0 saturated carbocycles. The topological polar surface area (TPSA) is 58.1 Å². The van der Waals surface area contributed by atoms with Gasteiger partial charge in [0.25, 0.3) is 0 Å². The Kier molecular flexibility index (Phi) is 5.13. The van der Waals surface area contributed by atoms with Crippen molar-refractivity contribution < 1.29 is 4.79 Å². The highest BCUT2D eigenvalue weighted by molar-refractivity contribution is 8.02. The lowest BCUT2D eigenvalue weighted by Crippen LogP contribution is -2.35. The second kappa shape index (κ2) is 7.70. The summed E-state index contributed by atoms with van der Waals surface area (Å²) in [5, 5.41) is 12.2. The summed E-state index contributed by atoms with van der Waals surface area (Å²) in [4.78, 5) is 14.8. The number of carbonyl (C=O) groups is 1. The van der Waals surface area contributed by atoms with Gasteiger partial charge in [-0.2, -0.15) is 0 Å². The Balaban J connectivity index is 1.40. The van der Waals surface area contributed by atoms with Crippen molar-refractivity contribution in [2.45, 2.75) is 29.9 Å². The van der Waals surface area contributed by atoms with Crippen LogP contribution in [0.2, 0.25) is 0 Å². The fourth-order valence-electron chi connectivity index (χ4n) is 3.06. The van der Waals surface area contributed by atoms with E-state index in [0.29, 0.717) is 0 Å². The Morgan fingerprint density at radius 1 is 1.19 bits per heavy atom. The van der Waals surface area contributed by atoms with Crippen LogP contribution in [0.5, 0.6) is 0 Å². The Morgan fingerprint density at radius 2 is 1.96 bits per heavy atom. The highest BCUT2D eigenvalue weighted by Crippen LogP contribution is 2.34. The Hall–Kier alpha value is -2.38. The molecule has 1 aromatic heterocycles. The van der Waals surface area contributed by atoms with Crippen LogP contribution >= 0.6 is 23.1 Å². The van der Waals surface area contributed by atoms with Gasteiger partial charge < -0.3 is 10.2 Å². The van der Waals surface area contributed by atoms with Crippen molar-refractivity contribution in [3.05, 3.63) is 59.7 Å². The van der Waals surface area contributed by atoms with E-state index in [1.807, 2.05) is 54.3 Å². The van der Waals surface area contributed by atoms with Crippen LogP contribution in [-0.2, 0) is 11.2 Å². The number of aryl methyl sites for hydroxylation is 1. The first-order valence-electron chi connectivity index (χ1n) is 8.83. The fraction of sp³-hybridized carbons (Fsp3) is 0.250. The van der Waals surface area contributed by atoms with Gasteiger partial charge in [-0.15, -0.1) is 10.2 Å². The van der Waals surface area contributed by atoms with Crippen molar-refractivity contribution in [3.63, 3.8) is 0 Å². The molecule has 1 atom stereocenters. The van der Waals surface area contributed by atoms with Gasteiger partial charge in [-0.1, -0.05) is 59.0 Å². The molecular formula is C20H20N4OS2. The number of anilines is 3. The molecule has 1 unspecified atom stereocenters. The molecule has 0 radical (unpaired) electrons.